The summed E-state index contributed by atoms with van der Waals surface area (Å²) in [6, 6.07) is 11.7. The van der Waals surface area contributed by atoms with Gasteiger partial charge < -0.3 is 14.1 Å². The van der Waals surface area contributed by atoms with Crippen molar-refractivity contribution in [2.45, 2.75) is 33.1 Å². The SMILES string of the molecule is CCOc1cc2occ(-c3ccc(Cl)cc3)c2cc1/C(C)=C/C(=O)N1CCCCC1. The van der Waals surface area contributed by atoms with Crippen LogP contribution in [-0.2, 0) is 4.79 Å². The van der Waals surface area contributed by atoms with Crippen molar-refractivity contribution in [1.29, 1.82) is 0 Å². The first-order chi connectivity index (χ1) is 14.6. The van der Waals surface area contributed by atoms with Crippen molar-refractivity contribution in [3.63, 3.8) is 0 Å². The van der Waals surface area contributed by atoms with Crippen LogP contribution < -0.4 is 4.74 Å². The van der Waals surface area contributed by atoms with Crippen molar-refractivity contribution in [2.75, 3.05) is 19.7 Å². The van der Waals surface area contributed by atoms with Crippen LogP contribution in [-0.4, -0.2) is 30.5 Å². The second kappa shape index (κ2) is 8.97. The molecule has 0 aliphatic carbocycles. The van der Waals surface area contributed by atoms with Gasteiger partial charge in [-0.25, -0.2) is 0 Å². The molecule has 1 aromatic heterocycles. The number of fused-ring (bicyclic) bond motifs is 1. The van der Waals surface area contributed by atoms with Crippen LogP contribution in [0, 0.1) is 0 Å². The lowest BCUT2D eigenvalue weighted by molar-refractivity contribution is -0.126. The number of furan rings is 1. The average Bonchev–Trinajstić information content (AvgIpc) is 3.17. The standard InChI is InChI=1S/C25H26ClNO3/c1-3-29-23-15-24-21(22(16-30-24)18-7-9-19(26)10-8-18)14-20(23)17(2)13-25(28)27-11-5-4-6-12-27/h7-10,13-16H,3-6,11-12H2,1-2H3/b17-13+. The predicted octanol–water partition coefficient (Wildman–Crippen LogP) is 6.57. The average molecular weight is 424 g/mol. The fourth-order valence-corrected chi connectivity index (χ4v) is 4.09. The van der Waals surface area contributed by atoms with Gasteiger partial charge in [-0.3, -0.25) is 4.79 Å². The summed E-state index contributed by atoms with van der Waals surface area (Å²) in [5.41, 5.74) is 4.56. The van der Waals surface area contributed by atoms with E-state index in [1.165, 1.54) is 6.42 Å². The first-order valence-electron chi connectivity index (χ1n) is 10.5. The monoisotopic (exact) mass is 423 g/mol. The maximum absolute atomic E-state index is 12.8. The van der Waals surface area contributed by atoms with E-state index in [1.807, 2.05) is 49.1 Å². The Morgan fingerprint density at radius 3 is 2.60 bits per heavy atom. The van der Waals surface area contributed by atoms with Gasteiger partial charge in [-0.15, -0.1) is 0 Å². The highest BCUT2D eigenvalue weighted by Crippen LogP contribution is 2.37. The Balaban J connectivity index is 1.75. The van der Waals surface area contributed by atoms with E-state index >= 15 is 0 Å². The van der Waals surface area contributed by atoms with Gasteiger partial charge in [0.05, 0.1) is 12.9 Å². The van der Waals surface area contributed by atoms with Gasteiger partial charge in [0.15, 0.2) is 0 Å². The molecule has 1 amide bonds. The van der Waals surface area contributed by atoms with Crippen molar-refractivity contribution in [3.8, 4) is 16.9 Å². The first-order valence-corrected chi connectivity index (χ1v) is 10.9. The number of carbonyl (C=O) groups excluding carboxylic acids is 1. The molecule has 156 valence electrons. The Morgan fingerprint density at radius 1 is 1.17 bits per heavy atom. The molecule has 0 atom stereocenters. The van der Waals surface area contributed by atoms with E-state index in [-0.39, 0.29) is 5.91 Å². The van der Waals surface area contributed by atoms with Gasteiger partial charge >= 0.3 is 0 Å². The van der Waals surface area contributed by atoms with Gasteiger partial charge in [0, 0.05) is 46.8 Å². The smallest absolute Gasteiger partial charge is 0.246 e. The van der Waals surface area contributed by atoms with E-state index in [0.717, 1.165) is 64.9 Å². The molecule has 0 bridgehead atoms. The summed E-state index contributed by atoms with van der Waals surface area (Å²) in [6.07, 6.45) is 6.84. The fourth-order valence-electron chi connectivity index (χ4n) is 3.96. The third-order valence-electron chi connectivity index (χ3n) is 5.56. The third kappa shape index (κ3) is 4.24. The molecule has 1 aliphatic rings. The number of benzene rings is 2. The number of allylic oxidation sites excluding steroid dienone is 1. The number of piperidine rings is 1. The second-order valence-corrected chi connectivity index (χ2v) is 8.08. The normalized spacial score (nSPS) is 14.9. The number of halogens is 1. The Hall–Kier alpha value is -2.72. The third-order valence-corrected chi connectivity index (χ3v) is 5.82. The predicted molar refractivity (Wildman–Crippen MR) is 122 cm³/mol. The fraction of sp³-hybridized carbons (Fsp3) is 0.320. The summed E-state index contributed by atoms with van der Waals surface area (Å²) < 4.78 is 11.7. The van der Waals surface area contributed by atoms with E-state index in [1.54, 1.807) is 12.3 Å². The van der Waals surface area contributed by atoms with E-state index in [0.29, 0.717) is 11.6 Å². The lowest BCUT2D eigenvalue weighted by Crippen LogP contribution is -2.34. The molecule has 1 aliphatic heterocycles. The number of likely N-dealkylation sites (tertiary alicyclic amines) is 1. The van der Waals surface area contributed by atoms with Crippen molar-refractivity contribution >= 4 is 34.1 Å². The van der Waals surface area contributed by atoms with Crippen LogP contribution in [0.3, 0.4) is 0 Å². The van der Waals surface area contributed by atoms with E-state index in [9.17, 15) is 4.79 Å². The van der Waals surface area contributed by atoms with Gasteiger partial charge in [-0.1, -0.05) is 23.7 Å². The molecule has 2 heterocycles. The summed E-state index contributed by atoms with van der Waals surface area (Å²) in [7, 11) is 0. The Kier molecular flexibility index (Phi) is 6.14. The topological polar surface area (TPSA) is 42.7 Å². The molecule has 4 rings (SSSR count). The highest BCUT2D eigenvalue weighted by atomic mass is 35.5. The summed E-state index contributed by atoms with van der Waals surface area (Å²) >= 11 is 6.04. The minimum atomic E-state index is 0.0693. The highest BCUT2D eigenvalue weighted by Gasteiger charge is 2.18. The molecule has 1 saturated heterocycles. The van der Waals surface area contributed by atoms with Crippen molar-refractivity contribution in [2.24, 2.45) is 0 Å². The number of hydrogen-bond acceptors (Lipinski definition) is 3. The summed E-state index contributed by atoms with van der Waals surface area (Å²) in [4.78, 5) is 14.7. The molecule has 0 spiro atoms. The van der Waals surface area contributed by atoms with Gasteiger partial charge in [-0.2, -0.15) is 0 Å². The van der Waals surface area contributed by atoms with Gasteiger partial charge in [0.1, 0.15) is 11.3 Å². The lowest BCUT2D eigenvalue weighted by atomic mass is 9.99. The maximum atomic E-state index is 12.8. The zero-order valence-electron chi connectivity index (χ0n) is 17.4. The van der Waals surface area contributed by atoms with Crippen LogP contribution in [0.2, 0.25) is 5.02 Å². The lowest BCUT2D eigenvalue weighted by Gasteiger charge is -2.25. The molecule has 4 nitrogen and oxygen atoms in total. The highest BCUT2D eigenvalue weighted by molar-refractivity contribution is 6.30. The number of hydrogen-bond donors (Lipinski definition) is 0. The van der Waals surface area contributed by atoms with E-state index < -0.39 is 0 Å². The molecule has 5 heteroatoms. The van der Waals surface area contributed by atoms with E-state index in [2.05, 4.69) is 6.07 Å². The molecule has 1 fully saturated rings. The molecule has 0 unspecified atom stereocenters. The number of nitrogens with zero attached hydrogens (tertiary/aromatic N) is 1. The minimum Gasteiger partial charge on any atom is -0.493 e. The van der Waals surface area contributed by atoms with Crippen LogP contribution >= 0.6 is 11.6 Å². The molecule has 2 aromatic carbocycles. The van der Waals surface area contributed by atoms with Crippen molar-refractivity contribution < 1.29 is 13.9 Å². The van der Waals surface area contributed by atoms with Crippen LogP contribution in [0.25, 0.3) is 27.7 Å². The maximum Gasteiger partial charge on any atom is 0.246 e. The number of carbonyl (C=O) groups is 1. The molecule has 0 N–H and O–H groups in total. The number of rotatable bonds is 5. The first kappa shape index (κ1) is 20.5. The van der Waals surface area contributed by atoms with Crippen molar-refractivity contribution in [3.05, 3.63) is 59.3 Å². The minimum absolute atomic E-state index is 0.0693. The van der Waals surface area contributed by atoms with E-state index in [4.69, 9.17) is 20.8 Å². The zero-order valence-corrected chi connectivity index (χ0v) is 18.2. The summed E-state index contributed by atoms with van der Waals surface area (Å²) in [6.45, 7) is 6.13. The van der Waals surface area contributed by atoms with Gasteiger partial charge in [0.2, 0.25) is 5.91 Å². The zero-order chi connectivity index (χ0) is 21.1. The van der Waals surface area contributed by atoms with Gasteiger partial charge in [0.25, 0.3) is 0 Å². The molecular formula is C25H26ClNO3. The quantitative estimate of drug-likeness (QED) is 0.436. The van der Waals surface area contributed by atoms with Crippen LogP contribution in [0.15, 0.2) is 53.2 Å². The van der Waals surface area contributed by atoms with Gasteiger partial charge in [-0.05, 0) is 62.4 Å². The Bertz CT molecular complexity index is 1080. The number of ether oxygens (including phenoxy) is 1. The molecule has 0 saturated carbocycles. The molecule has 30 heavy (non-hydrogen) atoms. The Labute approximate surface area is 182 Å². The second-order valence-electron chi connectivity index (χ2n) is 7.65. The molecular weight excluding hydrogens is 398 g/mol. The van der Waals surface area contributed by atoms with Crippen LogP contribution in [0.1, 0.15) is 38.7 Å². The van der Waals surface area contributed by atoms with Crippen LogP contribution in [0.4, 0.5) is 0 Å². The largest absolute Gasteiger partial charge is 0.493 e. The Morgan fingerprint density at radius 2 is 1.90 bits per heavy atom. The summed E-state index contributed by atoms with van der Waals surface area (Å²) in [5, 5.41) is 1.68. The number of amides is 1. The summed E-state index contributed by atoms with van der Waals surface area (Å²) in [5.74, 6) is 0.794. The van der Waals surface area contributed by atoms with Crippen LogP contribution in [0.5, 0.6) is 5.75 Å². The van der Waals surface area contributed by atoms with Crippen molar-refractivity contribution in [1.82, 2.24) is 4.90 Å². The molecule has 3 aromatic rings. The molecule has 0 radical (unpaired) electrons.